The summed E-state index contributed by atoms with van der Waals surface area (Å²) in [5, 5.41) is 4.11. The number of piperazine rings is 1. The van der Waals surface area contributed by atoms with Gasteiger partial charge in [-0.3, -0.25) is 19.3 Å². The Morgan fingerprint density at radius 3 is 2.37 bits per heavy atom. The van der Waals surface area contributed by atoms with Gasteiger partial charge in [-0.2, -0.15) is 0 Å². The van der Waals surface area contributed by atoms with E-state index in [1.807, 2.05) is 16.7 Å². The third kappa shape index (κ3) is 9.72. The highest BCUT2D eigenvalue weighted by Crippen LogP contribution is 2.19. The van der Waals surface area contributed by atoms with E-state index >= 15 is 0 Å². The Hall–Kier alpha value is -4.63. The number of anilines is 1. The van der Waals surface area contributed by atoms with Crippen LogP contribution in [0.15, 0.2) is 47.2 Å². The summed E-state index contributed by atoms with van der Waals surface area (Å²) >= 11 is 0. The van der Waals surface area contributed by atoms with E-state index in [-0.39, 0.29) is 30.6 Å². The van der Waals surface area contributed by atoms with Crippen molar-refractivity contribution < 1.29 is 33.1 Å². The molecule has 43 heavy (non-hydrogen) atoms. The van der Waals surface area contributed by atoms with Gasteiger partial charge >= 0.3 is 17.9 Å². The number of rotatable bonds is 11. The number of imidazole rings is 1. The molecule has 0 spiro atoms. The predicted octanol–water partition coefficient (Wildman–Crippen LogP) is 2.95. The first-order valence-corrected chi connectivity index (χ1v) is 14.2. The second-order valence-electron chi connectivity index (χ2n) is 10.3. The van der Waals surface area contributed by atoms with Crippen LogP contribution in [0, 0.1) is 11.8 Å². The maximum absolute atomic E-state index is 11.5. The van der Waals surface area contributed by atoms with Crippen LogP contribution in [0.4, 0.5) is 5.69 Å². The molecular formula is C31H37N5O7. The van der Waals surface area contributed by atoms with Gasteiger partial charge in [-0.1, -0.05) is 11.1 Å². The van der Waals surface area contributed by atoms with Crippen LogP contribution in [-0.4, -0.2) is 83.0 Å². The smallest absolute Gasteiger partial charge is 0.303 e. The van der Waals surface area contributed by atoms with Gasteiger partial charge in [-0.15, -0.1) is 0 Å². The summed E-state index contributed by atoms with van der Waals surface area (Å²) < 4.78 is 23.0. The predicted molar refractivity (Wildman–Crippen MR) is 156 cm³/mol. The van der Waals surface area contributed by atoms with Crippen LogP contribution in [0.25, 0.3) is 0 Å². The van der Waals surface area contributed by atoms with Gasteiger partial charge in [0.05, 0.1) is 13.2 Å². The normalized spacial score (nSPS) is 14.7. The number of nitrogens with zero attached hydrogens (tertiary/aromatic N) is 5. The van der Waals surface area contributed by atoms with Crippen molar-refractivity contribution in [1.82, 2.24) is 19.6 Å². The maximum Gasteiger partial charge on any atom is 0.303 e. The van der Waals surface area contributed by atoms with E-state index in [1.165, 1.54) is 20.8 Å². The highest BCUT2D eigenvalue weighted by Gasteiger charge is 2.22. The van der Waals surface area contributed by atoms with E-state index in [2.05, 4.69) is 43.9 Å². The summed E-state index contributed by atoms with van der Waals surface area (Å²) in [6, 6.07) is 9.84. The zero-order valence-corrected chi connectivity index (χ0v) is 24.9. The van der Waals surface area contributed by atoms with Gasteiger partial charge in [-0.05, 0) is 37.1 Å². The third-order valence-corrected chi connectivity index (χ3v) is 6.82. The standard InChI is InChI=1S/C31H37N5O7/c1-22(41-24(3)38)31-32-12-13-36(31)20-27-19-29(43-33-27)10-7-26-5-8-28(9-6-26)35-16-14-34(15-17-35)21-30(42-25(4)39)11-18-40-23(2)37/h5-6,8-9,12-13,19,22,30H,11,14-18,20-21H2,1-4H3/t22-,30+/m0/s1. The molecule has 1 aliphatic heterocycles. The Kier molecular flexibility index (Phi) is 10.9. The topological polar surface area (TPSA) is 129 Å². The zero-order valence-electron chi connectivity index (χ0n) is 24.9. The molecule has 2 atom stereocenters. The van der Waals surface area contributed by atoms with E-state index in [4.69, 9.17) is 18.7 Å². The molecule has 0 amide bonds. The average Bonchev–Trinajstić information content (AvgIpc) is 3.61. The largest absolute Gasteiger partial charge is 0.466 e. The lowest BCUT2D eigenvalue weighted by Gasteiger charge is -2.37. The molecule has 12 heteroatoms. The molecule has 4 rings (SSSR count). The number of esters is 3. The highest BCUT2D eigenvalue weighted by molar-refractivity contribution is 5.66. The van der Waals surface area contributed by atoms with Crippen LogP contribution in [0.3, 0.4) is 0 Å². The monoisotopic (exact) mass is 591 g/mol. The van der Waals surface area contributed by atoms with Crippen molar-refractivity contribution >= 4 is 23.6 Å². The Morgan fingerprint density at radius 1 is 0.977 bits per heavy atom. The van der Waals surface area contributed by atoms with Gasteiger partial charge in [0.1, 0.15) is 17.6 Å². The second kappa shape index (κ2) is 15.0. The van der Waals surface area contributed by atoms with E-state index < -0.39 is 6.10 Å². The first-order chi connectivity index (χ1) is 20.7. The van der Waals surface area contributed by atoms with Crippen molar-refractivity contribution in [2.24, 2.45) is 0 Å². The van der Waals surface area contributed by atoms with Crippen LogP contribution in [-0.2, 0) is 35.1 Å². The molecule has 0 aliphatic carbocycles. The molecule has 12 nitrogen and oxygen atoms in total. The van der Waals surface area contributed by atoms with Crippen molar-refractivity contribution in [2.45, 2.75) is 52.9 Å². The number of aromatic nitrogens is 3. The lowest BCUT2D eigenvalue weighted by atomic mass is 10.1. The molecular weight excluding hydrogens is 554 g/mol. The van der Waals surface area contributed by atoms with Crippen molar-refractivity contribution in [3.8, 4) is 11.8 Å². The van der Waals surface area contributed by atoms with E-state index in [1.54, 1.807) is 25.4 Å². The molecule has 0 saturated carbocycles. The van der Waals surface area contributed by atoms with E-state index in [0.29, 0.717) is 36.8 Å². The number of hydrogen-bond acceptors (Lipinski definition) is 11. The molecule has 1 fully saturated rings. The summed E-state index contributed by atoms with van der Waals surface area (Å²) in [7, 11) is 0. The van der Waals surface area contributed by atoms with Crippen LogP contribution in [0.2, 0.25) is 0 Å². The Morgan fingerprint density at radius 2 is 1.70 bits per heavy atom. The lowest BCUT2D eigenvalue weighted by Crippen LogP contribution is -2.49. The summed E-state index contributed by atoms with van der Waals surface area (Å²) in [5.74, 6) is 6.17. The van der Waals surface area contributed by atoms with Crippen LogP contribution in [0.1, 0.15) is 63.1 Å². The second-order valence-corrected chi connectivity index (χ2v) is 10.3. The van der Waals surface area contributed by atoms with Gasteiger partial charge in [0, 0.05) is 89.6 Å². The number of carbonyl (C=O) groups excluding carboxylic acids is 3. The molecule has 3 aromatic rings. The number of carbonyl (C=O) groups is 3. The highest BCUT2D eigenvalue weighted by atomic mass is 16.6. The van der Waals surface area contributed by atoms with Gasteiger partial charge < -0.3 is 28.2 Å². The Bertz CT molecular complexity index is 1440. The number of hydrogen-bond donors (Lipinski definition) is 0. The summed E-state index contributed by atoms with van der Waals surface area (Å²) in [5.41, 5.74) is 2.64. The average molecular weight is 592 g/mol. The Labute approximate surface area is 250 Å². The molecule has 0 bridgehead atoms. The quantitative estimate of drug-likeness (QED) is 0.185. The van der Waals surface area contributed by atoms with E-state index in [9.17, 15) is 14.4 Å². The maximum atomic E-state index is 11.5. The van der Waals surface area contributed by atoms with Crippen molar-refractivity contribution in [3.05, 3.63) is 65.6 Å². The van der Waals surface area contributed by atoms with Crippen LogP contribution in [0.5, 0.6) is 0 Å². The SMILES string of the molecule is CC(=O)OCC[C@H](CN1CCN(c2ccc(C#Cc3cc(Cn4ccnc4[C@H](C)OC(C)=O)no3)cc2)CC1)OC(C)=O. The fourth-order valence-corrected chi connectivity index (χ4v) is 4.86. The van der Waals surface area contributed by atoms with Crippen molar-refractivity contribution in [3.63, 3.8) is 0 Å². The lowest BCUT2D eigenvalue weighted by molar-refractivity contribution is -0.150. The minimum atomic E-state index is -0.477. The van der Waals surface area contributed by atoms with Crippen molar-refractivity contribution in [2.75, 3.05) is 44.2 Å². The number of benzene rings is 1. The molecule has 0 unspecified atom stereocenters. The summed E-state index contributed by atoms with van der Waals surface area (Å²) in [6.45, 7) is 10.4. The molecule has 1 saturated heterocycles. The molecule has 0 radical (unpaired) electrons. The third-order valence-electron chi connectivity index (χ3n) is 6.82. The van der Waals surface area contributed by atoms with E-state index in [0.717, 1.165) is 37.4 Å². The first kappa shape index (κ1) is 31.3. The van der Waals surface area contributed by atoms with Crippen LogP contribution >= 0.6 is 0 Å². The summed E-state index contributed by atoms with van der Waals surface area (Å²) in [6.07, 6.45) is 3.12. The zero-order chi connectivity index (χ0) is 30.8. The van der Waals surface area contributed by atoms with Gasteiger partial charge in [0.25, 0.3) is 0 Å². The van der Waals surface area contributed by atoms with Crippen LogP contribution < -0.4 is 4.90 Å². The first-order valence-electron chi connectivity index (χ1n) is 14.2. The minimum absolute atomic E-state index is 0.227. The molecule has 2 aromatic heterocycles. The fraction of sp³-hybridized carbons (Fsp3) is 0.452. The molecule has 3 heterocycles. The fourth-order valence-electron chi connectivity index (χ4n) is 4.86. The van der Waals surface area contributed by atoms with Gasteiger partial charge in [0.15, 0.2) is 6.10 Å². The molecule has 0 N–H and O–H groups in total. The Balaban J connectivity index is 1.27. The minimum Gasteiger partial charge on any atom is -0.466 e. The van der Waals surface area contributed by atoms with Gasteiger partial charge in [0.2, 0.25) is 5.76 Å². The molecule has 1 aromatic carbocycles. The molecule has 1 aliphatic rings. The van der Waals surface area contributed by atoms with Gasteiger partial charge in [-0.25, -0.2) is 4.98 Å². The summed E-state index contributed by atoms with van der Waals surface area (Å²) in [4.78, 5) is 42.7. The number of ether oxygens (including phenoxy) is 3. The van der Waals surface area contributed by atoms with Crippen molar-refractivity contribution in [1.29, 1.82) is 0 Å². The molecule has 228 valence electrons.